The number of benzene rings is 2. The van der Waals surface area contributed by atoms with Crippen LogP contribution < -0.4 is 5.32 Å². The Kier molecular flexibility index (Phi) is 6.05. The lowest BCUT2D eigenvalue weighted by Crippen LogP contribution is -2.06. The highest BCUT2D eigenvalue weighted by molar-refractivity contribution is 6.30. The molecule has 0 aliphatic rings. The summed E-state index contributed by atoms with van der Waals surface area (Å²) in [5, 5.41) is 17.4. The van der Waals surface area contributed by atoms with Crippen LogP contribution in [0.15, 0.2) is 47.0 Å². The highest BCUT2D eigenvalue weighted by Crippen LogP contribution is 2.37. The lowest BCUT2D eigenvalue weighted by Gasteiger charge is -2.18. The van der Waals surface area contributed by atoms with Gasteiger partial charge in [0, 0.05) is 27.5 Å². The maximum atomic E-state index is 11.2. The second-order valence-corrected chi connectivity index (χ2v) is 7.28. The smallest absolute Gasteiger partial charge is 0.303 e. The van der Waals surface area contributed by atoms with Gasteiger partial charge in [0.2, 0.25) is 0 Å². The number of halogens is 1. The van der Waals surface area contributed by atoms with E-state index in [1.165, 1.54) is 0 Å². The van der Waals surface area contributed by atoms with Crippen molar-refractivity contribution in [2.75, 3.05) is 5.32 Å². The summed E-state index contributed by atoms with van der Waals surface area (Å²) in [7, 11) is 0. The largest absolute Gasteiger partial charge is 0.481 e. The van der Waals surface area contributed by atoms with Crippen molar-refractivity contribution in [3.63, 3.8) is 0 Å². The molecule has 2 N–H and O–H groups in total. The maximum Gasteiger partial charge on any atom is 0.303 e. The molecule has 0 fully saturated rings. The summed E-state index contributed by atoms with van der Waals surface area (Å²) in [6, 6.07) is 13.5. The summed E-state index contributed by atoms with van der Waals surface area (Å²) in [4.78, 5) is 11.2. The first-order valence-electron chi connectivity index (χ1n) is 9.20. The molecule has 0 bridgehead atoms. The second kappa shape index (κ2) is 8.48. The Hall–Kier alpha value is -2.79. The lowest BCUT2D eigenvalue weighted by molar-refractivity contribution is -0.137. The van der Waals surface area contributed by atoms with Gasteiger partial charge in [0.05, 0.1) is 12.1 Å². The minimum Gasteiger partial charge on any atom is -0.481 e. The number of hydrogen-bond donors (Lipinski definition) is 2. The SMILES string of the molecule is CCC(CC(=O)O)c1ccc(-c2c(C)noc2C)c(Nc2ccc(Cl)cc2)c1. The highest BCUT2D eigenvalue weighted by Gasteiger charge is 2.19. The van der Waals surface area contributed by atoms with Gasteiger partial charge >= 0.3 is 5.97 Å². The molecular formula is C22H23ClN2O3. The molecule has 1 heterocycles. The van der Waals surface area contributed by atoms with Crippen molar-refractivity contribution < 1.29 is 14.4 Å². The van der Waals surface area contributed by atoms with Gasteiger partial charge in [-0.25, -0.2) is 0 Å². The van der Waals surface area contributed by atoms with E-state index in [1.54, 1.807) is 0 Å². The second-order valence-electron chi connectivity index (χ2n) is 6.84. The number of aliphatic carboxylic acids is 1. The summed E-state index contributed by atoms with van der Waals surface area (Å²) in [5.74, 6) is -0.113. The van der Waals surface area contributed by atoms with Crippen molar-refractivity contribution in [2.45, 2.75) is 39.5 Å². The molecule has 3 rings (SSSR count). The lowest BCUT2D eigenvalue weighted by atomic mass is 9.90. The average Bonchev–Trinajstić information content (AvgIpc) is 3.00. The predicted molar refractivity (Wildman–Crippen MR) is 111 cm³/mol. The van der Waals surface area contributed by atoms with Crippen molar-refractivity contribution in [1.82, 2.24) is 5.16 Å². The Morgan fingerprint density at radius 3 is 2.50 bits per heavy atom. The van der Waals surface area contributed by atoms with Gasteiger partial charge in [-0.2, -0.15) is 0 Å². The number of nitrogens with zero attached hydrogens (tertiary/aromatic N) is 1. The Morgan fingerprint density at radius 2 is 1.93 bits per heavy atom. The van der Waals surface area contributed by atoms with Crippen LogP contribution >= 0.6 is 11.6 Å². The van der Waals surface area contributed by atoms with Gasteiger partial charge in [0.1, 0.15) is 5.76 Å². The van der Waals surface area contributed by atoms with E-state index < -0.39 is 5.97 Å². The zero-order chi connectivity index (χ0) is 20.3. The van der Waals surface area contributed by atoms with Crippen LogP contribution in [0.3, 0.4) is 0 Å². The van der Waals surface area contributed by atoms with Crippen LogP contribution in [0.1, 0.15) is 42.7 Å². The highest BCUT2D eigenvalue weighted by atomic mass is 35.5. The Labute approximate surface area is 169 Å². The fourth-order valence-corrected chi connectivity index (χ4v) is 3.53. The van der Waals surface area contributed by atoms with Crippen LogP contribution in [-0.2, 0) is 4.79 Å². The number of carboxylic acid groups (broad SMARTS) is 1. The van der Waals surface area contributed by atoms with Gasteiger partial charge in [0.25, 0.3) is 0 Å². The van der Waals surface area contributed by atoms with Crippen molar-refractivity contribution in [2.24, 2.45) is 0 Å². The molecule has 146 valence electrons. The van der Waals surface area contributed by atoms with E-state index in [0.29, 0.717) is 5.02 Å². The van der Waals surface area contributed by atoms with Gasteiger partial charge in [-0.05, 0) is 62.1 Å². The first-order valence-corrected chi connectivity index (χ1v) is 9.58. The van der Waals surface area contributed by atoms with Gasteiger partial charge in [-0.1, -0.05) is 35.8 Å². The molecule has 0 saturated heterocycles. The number of anilines is 2. The van der Waals surface area contributed by atoms with E-state index >= 15 is 0 Å². The molecule has 0 aliphatic heterocycles. The van der Waals surface area contributed by atoms with Crippen molar-refractivity contribution in [3.05, 3.63) is 64.5 Å². The Balaban J connectivity index is 2.08. The third kappa shape index (κ3) is 4.37. The zero-order valence-electron chi connectivity index (χ0n) is 16.1. The fourth-order valence-electron chi connectivity index (χ4n) is 3.40. The van der Waals surface area contributed by atoms with E-state index in [-0.39, 0.29) is 12.3 Å². The van der Waals surface area contributed by atoms with Gasteiger partial charge in [0.15, 0.2) is 0 Å². The Bertz CT molecular complexity index is 960. The molecule has 2 aromatic carbocycles. The number of hydrogen-bond acceptors (Lipinski definition) is 4. The summed E-state index contributed by atoms with van der Waals surface area (Å²) in [6.07, 6.45) is 0.846. The first kappa shape index (κ1) is 20.0. The number of rotatable bonds is 7. The maximum absolute atomic E-state index is 11.2. The fraction of sp³-hybridized carbons (Fsp3) is 0.273. The minimum absolute atomic E-state index is 0.0537. The predicted octanol–water partition coefficient (Wildman–Crippen LogP) is 6.32. The molecule has 6 heteroatoms. The first-order chi connectivity index (χ1) is 13.4. The zero-order valence-corrected chi connectivity index (χ0v) is 16.9. The van der Waals surface area contributed by atoms with E-state index in [2.05, 4.69) is 10.5 Å². The van der Waals surface area contributed by atoms with E-state index in [0.717, 1.165) is 45.9 Å². The Morgan fingerprint density at radius 1 is 1.21 bits per heavy atom. The minimum atomic E-state index is -0.797. The third-order valence-corrected chi connectivity index (χ3v) is 5.11. The number of aryl methyl sites for hydroxylation is 2. The van der Waals surface area contributed by atoms with Crippen LogP contribution in [0.5, 0.6) is 0 Å². The van der Waals surface area contributed by atoms with Crippen LogP contribution in [0.25, 0.3) is 11.1 Å². The molecule has 0 spiro atoms. The van der Waals surface area contributed by atoms with Gasteiger partial charge < -0.3 is 14.9 Å². The third-order valence-electron chi connectivity index (χ3n) is 4.85. The molecule has 5 nitrogen and oxygen atoms in total. The number of aromatic nitrogens is 1. The summed E-state index contributed by atoms with van der Waals surface area (Å²) >= 11 is 6.00. The molecule has 1 aromatic heterocycles. The molecule has 3 aromatic rings. The number of carbonyl (C=O) groups is 1. The quantitative estimate of drug-likeness (QED) is 0.486. The topological polar surface area (TPSA) is 75.4 Å². The molecule has 1 unspecified atom stereocenters. The standard InChI is InChI=1S/C22H23ClN2O3/c1-4-15(12-21(26)27)16-5-10-19(22-13(2)25-28-14(22)3)20(11-16)24-18-8-6-17(23)7-9-18/h5-11,15,24H,4,12H2,1-3H3,(H,26,27). The molecular weight excluding hydrogens is 376 g/mol. The molecule has 0 radical (unpaired) electrons. The molecule has 0 amide bonds. The van der Waals surface area contributed by atoms with E-state index in [9.17, 15) is 9.90 Å². The van der Waals surface area contributed by atoms with Crippen molar-refractivity contribution >= 4 is 28.9 Å². The summed E-state index contributed by atoms with van der Waals surface area (Å²) < 4.78 is 5.35. The van der Waals surface area contributed by atoms with Gasteiger partial charge in [-0.3, -0.25) is 4.79 Å². The number of nitrogens with one attached hydrogen (secondary N) is 1. The van der Waals surface area contributed by atoms with Crippen molar-refractivity contribution in [3.8, 4) is 11.1 Å². The normalized spacial score (nSPS) is 12.0. The monoisotopic (exact) mass is 398 g/mol. The summed E-state index contributed by atoms with van der Waals surface area (Å²) in [5.41, 5.74) is 5.45. The van der Waals surface area contributed by atoms with Crippen molar-refractivity contribution in [1.29, 1.82) is 0 Å². The van der Waals surface area contributed by atoms with Crippen LogP contribution in [-0.4, -0.2) is 16.2 Å². The van der Waals surface area contributed by atoms with Crippen LogP contribution in [0.2, 0.25) is 5.02 Å². The number of carboxylic acids is 1. The molecule has 1 atom stereocenters. The van der Waals surface area contributed by atoms with E-state index in [4.69, 9.17) is 16.1 Å². The summed E-state index contributed by atoms with van der Waals surface area (Å²) in [6.45, 7) is 5.79. The van der Waals surface area contributed by atoms with Crippen LogP contribution in [0.4, 0.5) is 11.4 Å². The average molecular weight is 399 g/mol. The molecule has 0 aliphatic carbocycles. The molecule has 28 heavy (non-hydrogen) atoms. The van der Waals surface area contributed by atoms with E-state index in [1.807, 2.05) is 63.2 Å². The molecule has 0 saturated carbocycles. The van der Waals surface area contributed by atoms with Crippen LogP contribution in [0, 0.1) is 13.8 Å². The van der Waals surface area contributed by atoms with Gasteiger partial charge in [-0.15, -0.1) is 0 Å².